The van der Waals surface area contributed by atoms with E-state index in [4.69, 9.17) is 21.7 Å². The first-order valence-corrected chi connectivity index (χ1v) is 7.75. The molecule has 0 bridgehead atoms. The van der Waals surface area contributed by atoms with Crippen molar-refractivity contribution in [2.75, 3.05) is 32.9 Å². The Balaban J connectivity index is 1.85. The van der Waals surface area contributed by atoms with Crippen molar-refractivity contribution in [2.45, 2.75) is 13.6 Å². The van der Waals surface area contributed by atoms with Gasteiger partial charge in [-0.2, -0.15) is 4.68 Å². The second-order valence-corrected chi connectivity index (χ2v) is 5.31. The van der Waals surface area contributed by atoms with E-state index in [-0.39, 0.29) is 0 Å². The summed E-state index contributed by atoms with van der Waals surface area (Å²) in [6.45, 7) is 6.41. The zero-order valence-electron chi connectivity index (χ0n) is 12.5. The third kappa shape index (κ3) is 3.18. The van der Waals surface area contributed by atoms with Crippen molar-refractivity contribution in [1.29, 1.82) is 0 Å². The number of tetrazole rings is 1. The molecule has 118 valence electrons. The first-order chi connectivity index (χ1) is 10.8. The van der Waals surface area contributed by atoms with E-state index in [2.05, 4.69) is 15.3 Å². The Hall–Kier alpha value is -1.77. The standard InChI is InChI=1S/C14H19N5O2S/c1-2-21-13-6-4-3-5-12(13)19-14(22)18(15-16-19)11-17-7-9-20-10-8-17/h3-6H,2,7-11H2,1H3. The summed E-state index contributed by atoms with van der Waals surface area (Å²) in [6, 6.07) is 7.69. The summed E-state index contributed by atoms with van der Waals surface area (Å²) in [6.07, 6.45) is 0. The van der Waals surface area contributed by atoms with E-state index in [1.807, 2.05) is 31.2 Å². The Labute approximate surface area is 134 Å². The summed E-state index contributed by atoms with van der Waals surface area (Å²) in [4.78, 5) is 2.24. The fraction of sp³-hybridized carbons (Fsp3) is 0.500. The van der Waals surface area contributed by atoms with Gasteiger partial charge in [-0.3, -0.25) is 4.90 Å². The summed E-state index contributed by atoms with van der Waals surface area (Å²) in [5, 5.41) is 8.36. The van der Waals surface area contributed by atoms with Gasteiger partial charge in [-0.25, -0.2) is 4.68 Å². The molecule has 0 radical (unpaired) electrons. The van der Waals surface area contributed by atoms with E-state index in [1.165, 1.54) is 0 Å². The fourth-order valence-electron chi connectivity index (χ4n) is 2.36. The summed E-state index contributed by atoms with van der Waals surface area (Å²) in [5.41, 5.74) is 0.808. The van der Waals surface area contributed by atoms with E-state index >= 15 is 0 Å². The minimum absolute atomic E-state index is 0.554. The van der Waals surface area contributed by atoms with Gasteiger partial charge in [-0.15, -0.1) is 0 Å². The smallest absolute Gasteiger partial charge is 0.222 e. The number of hydrogen-bond acceptors (Lipinski definition) is 6. The average molecular weight is 321 g/mol. The van der Waals surface area contributed by atoms with E-state index in [0.29, 0.717) is 18.0 Å². The largest absolute Gasteiger partial charge is 0.492 e. The molecule has 7 nitrogen and oxygen atoms in total. The van der Waals surface area contributed by atoms with Gasteiger partial charge in [0.2, 0.25) is 4.77 Å². The average Bonchev–Trinajstić information content (AvgIpc) is 2.90. The lowest BCUT2D eigenvalue weighted by Crippen LogP contribution is -2.37. The van der Waals surface area contributed by atoms with Crippen LogP contribution in [0.25, 0.3) is 5.69 Å². The monoisotopic (exact) mass is 321 g/mol. The molecule has 1 aliphatic rings. The molecular formula is C14H19N5O2S. The zero-order valence-corrected chi connectivity index (χ0v) is 13.3. The van der Waals surface area contributed by atoms with Crippen molar-refractivity contribution in [2.24, 2.45) is 0 Å². The number of aromatic nitrogens is 4. The van der Waals surface area contributed by atoms with Crippen molar-refractivity contribution in [3.63, 3.8) is 0 Å². The van der Waals surface area contributed by atoms with E-state index in [9.17, 15) is 0 Å². The summed E-state index contributed by atoms with van der Waals surface area (Å²) >= 11 is 5.51. The maximum absolute atomic E-state index is 5.63. The molecule has 3 rings (SSSR count). The summed E-state index contributed by atoms with van der Waals surface area (Å²) < 4.78 is 14.9. The highest BCUT2D eigenvalue weighted by molar-refractivity contribution is 7.71. The van der Waals surface area contributed by atoms with E-state index in [0.717, 1.165) is 37.7 Å². The van der Waals surface area contributed by atoms with Crippen molar-refractivity contribution < 1.29 is 9.47 Å². The van der Waals surface area contributed by atoms with Gasteiger partial charge in [-0.05, 0) is 41.7 Å². The lowest BCUT2D eigenvalue weighted by molar-refractivity contribution is 0.0207. The van der Waals surface area contributed by atoms with Crippen molar-refractivity contribution in [3.05, 3.63) is 29.0 Å². The summed E-state index contributed by atoms with van der Waals surface area (Å²) in [5.74, 6) is 0.750. The van der Waals surface area contributed by atoms with Crippen LogP contribution in [0.3, 0.4) is 0 Å². The van der Waals surface area contributed by atoms with Crippen LogP contribution in [-0.4, -0.2) is 57.6 Å². The third-order valence-corrected chi connectivity index (χ3v) is 3.85. The number of ether oxygens (including phenoxy) is 2. The highest BCUT2D eigenvalue weighted by Gasteiger charge is 2.15. The molecule has 0 aliphatic carbocycles. The molecule has 0 unspecified atom stereocenters. The Morgan fingerprint density at radius 1 is 1.23 bits per heavy atom. The second-order valence-electron chi connectivity index (χ2n) is 4.95. The van der Waals surface area contributed by atoms with E-state index in [1.54, 1.807) is 9.36 Å². The number of morpholine rings is 1. The summed E-state index contributed by atoms with van der Waals surface area (Å²) in [7, 11) is 0. The van der Waals surface area contributed by atoms with Crippen LogP contribution >= 0.6 is 12.2 Å². The van der Waals surface area contributed by atoms with Gasteiger partial charge in [0.1, 0.15) is 11.4 Å². The number of nitrogens with zero attached hydrogens (tertiary/aromatic N) is 5. The predicted molar refractivity (Wildman–Crippen MR) is 83.7 cm³/mol. The molecular weight excluding hydrogens is 302 g/mol. The molecule has 1 saturated heterocycles. The van der Waals surface area contributed by atoms with Crippen LogP contribution in [0.15, 0.2) is 24.3 Å². The topological polar surface area (TPSA) is 57.3 Å². The zero-order chi connectivity index (χ0) is 15.4. The van der Waals surface area contributed by atoms with Crippen molar-refractivity contribution >= 4 is 12.2 Å². The molecule has 2 heterocycles. The van der Waals surface area contributed by atoms with Gasteiger partial charge in [0.05, 0.1) is 26.5 Å². The number of hydrogen-bond donors (Lipinski definition) is 0. The first-order valence-electron chi connectivity index (χ1n) is 7.34. The quantitative estimate of drug-likeness (QED) is 0.778. The Bertz CT molecular complexity index is 678. The molecule has 0 atom stereocenters. The lowest BCUT2D eigenvalue weighted by Gasteiger charge is -2.25. The highest BCUT2D eigenvalue weighted by Crippen LogP contribution is 2.21. The van der Waals surface area contributed by atoms with Crippen LogP contribution in [0.2, 0.25) is 0 Å². The highest BCUT2D eigenvalue weighted by atomic mass is 32.1. The first kappa shape index (κ1) is 15.1. The van der Waals surface area contributed by atoms with Gasteiger partial charge in [0, 0.05) is 13.1 Å². The molecule has 0 saturated carbocycles. The Morgan fingerprint density at radius 2 is 2.00 bits per heavy atom. The molecule has 0 spiro atoms. The SMILES string of the molecule is CCOc1ccccc1-n1nnn(CN2CCOCC2)c1=S. The molecule has 1 fully saturated rings. The number of rotatable bonds is 5. The Kier molecular flexibility index (Phi) is 4.81. The normalized spacial score (nSPS) is 15.9. The van der Waals surface area contributed by atoms with Crippen LogP contribution in [0.4, 0.5) is 0 Å². The number of benzene rings is 1. The minimum Gasteiger partial charge on any atom is -0.492 e. The van der Waals surface area contributed by atoms with Crippen molar-refractivity contribution in [1.82, 2.24) is 24.7 Å². The molecule has 1 aliphatic heterocycles. The van der Waals surface area contributed by atoms with Crippen LogP contribution in [0.5, 0.6) is 5.75 Å². The fourth-order valence-corrected chi connectivity index (χ4v) is 2.58. The van der Waals surface area contributed by atoms with Gasteiger partial charge in [0.15, 0.2) is 0 Å². The lowest BCUT2D eigenvalue weighted by atomic mass is 10.3. The molecule has 2 aromatic rings. The predicted octanol–water partition coefficient (Wildman–Crippen LogP) is 1.49. The van der Waals surface area contributed by atoms with Gasteiger partial charge < -0.3 is 9.47 Å². The maximum Gasteiger partial charge on any atom is 0.222 e. The van der Waals surface area contributed by atoms with Crippen molar-refractivity contribution in [3.8, 4) is 11.4 Å². The van der Waals surface area contributed by atoms with Gasteiger partial charge in [0.25, 0.3) is 0 Å². The molecule has 1 aromatic heterocycles. The number of para-hydroxylation sites is 2. The second kappa shape index (κ2) is 6.99. The van der Waals surface area contributed by atoms with Gasteiger partial charge in [-0.1, -0.05) is 12.1 Å². The Morgan fingerprint density at radius 3 is 2.77 bits per heavy atom. The molecule has 0 amide bonds. The maximum atomic E-state index is 5.63. The molecule has 0 N–H and O–H groups in total. The molecule has 1 aromatic carbocycles. The van der Waals surface area contributed by atoms with Crippen LogP contribution in [0, 0.1) is 4.77 Å². The van der Waals surface area contributed by atoms with Crippen LogP contribution in [0.1, 0.15) is 6.92 Å². The van der Waals surface area contributed by atoms with Crippen LogP contribution < -0.4 is 4.74 Å². The molecule has 8 heteroatoms. The van der Waals surface area contributed by atoms with Crippen LogP contribution in [-0.2, 0) is 11.4 Å². The molecule has 22 heavy (non-hydrogen) atoms. The van der Waals surface area contributed by atoms with E-state index < -0.39 is 0 Å². The third-order valence-electron chi connectivity index (χ3n) is 3.47. The van der Waals surface area contributed by atoms with Gasteiger partial charge >= 0.3 is 0 Å². The minimum atomic E-state index is 0.554.